The number of carbonyl (C=O) groups excluding carboxylic acids is 2. The predicted molar refractivity (Wildman–Crippen MR) is 108 cm³/mol. The molecular weight excluding hydrogens is 412 g/mol. The zero-order chi connectivity index (χ0) is 21.6. The fraction of sp³-hybridized carbons (Fsp3) is 0.300. The Hall–Kier alpha value is -3.27. The van der Waals surface area contributed by atoms with Gasteiger partial charge in [-0.3, -0.25) is 14.3 Å². The molecule has 158 valence electrons. The molecule has 4 rings (SSSR count). The second-order valence-electron chi connectivity index (χ2n) is 7.10. The van der Waals surface area contributed by atoms with Gasteiger partial charge in [0, 0.05) is 18.6 Å². The van der Waals surface area contributed by atoms with Crippen LogP contribution in [0.5, 0.6) is 17.2 Å². The highest BCUT2D eigenvalue weighted by Crippen LogP contribution is 2.39. The third kappa shape index (κ3) is 3.54. The Labute approximate surface area is 173 Å². The molecule has 0 aromatic heterocycles. The molecule has 0 radical (unpaired) electrons. The van der Waals surface area contributed by atoms with E-state index in [1.165, 1.54) is 49.1 Å². The Balaban J connectivity index is 1.73. The number of nitrogens with one attached hydrogen (secondary N) is 1. The van der Waals surface area contributed by atoms with Gasteiger partial charge in [0.1, 0.15) is 11.9 Å². The molecule has 0 fully saturated rings. The third-order valence-electron chi connectivity index (χ3n) is 4.82. The van der Waals surface area contributed by atoms with Crippen LogP contribution in [0.2, 0.25) is 0 Å². The topological polar surface area (TPSA) is 111 Å². The molecule has 1 N–H and O–H groups in total. The Morgan fingerprint density at radius 1 is 1.07 bits per heavy atom. The summed E-state index contributed by atoms with van der Waals surface area (Å²) < 4.78 is 44.8. The smallest absolute Gasteiger partial charge is 0.261 e. The van der Waals surface area contributed by atoms with Crippen LogP contribution in [0.3, 0.4) is 0 Å². The fourth-order valence-corrected chi connectivity index (χ4v) is 4.49. The lowest BCUT2D eigenvalue weighted by molar-refractivity contribution is -0.117. The number of benzene rings is 2. The first-order valence-electron chi connectivity index (χ1n) is 9.22. The summed E-state index contributed by atoms with van der Waals surface area (Å²) in [5, 5.41) is 0. The Morgan fingerprint density at radius 3 is 2.43 bits per heavy atom. The summed E-state index contributed by atoms with van der Waals surface area (Å²) in [6.07, 6.45) is -0.214. The molecule has 2 aromatic carbocycles. The molecule has 30 heavy (non-hydrogen) atoms. The highest BCUT2D eigenvalue weighted by molar-refractivity contribution is 7.92. The van der Waals surface area contributed by atoms with Gasteiger partial charge in [0.25, 0.3) is 10.0 Å². The SMILES string of the molecule is CC(=O)c1cc2c(cc1NS(=O)(=O)c1ccc3c(c1)N(C(C)=O)CC(C)O3)OCO2. The number of rotatable bonds is 4. The largest absolute Gasteiger partial charge is 0.487 e. The van der Waals surface area contributed by atoms with Crippen LogP contribution in [0.15, 0.2) is 35.2 Å². The van der Waals surface area contributed by atoms with Crippen LogP contribution < -0.4 is 23.8 Å². The van der Waals surface area contributed by atoms with Crippen LogP contribution in [-0.2, 0) is 14.8 Å². The van der Waals surface area contributed by atoms with Crippen molar-refractivity contribution in [3.05, 3.63) is 35.9 Å². The van der Waals surface area contributed by atoms with Gasteiger partial charge in [0.15, 0.2) is 17.3 Å². The first-order valence-corrected chi connectivity index (χ1v) is 10.7. The average Bonchev–Trinajstić information content (AvgIpc) is 3.13. The maximum atomic E-state index is 13.1. The maximum Gasteiger partial charge on any atom is 0.261 e. The van der Waals surface area contributed by atoms with Crippen LogP contribution in [-0.4, -0.2) is 39.5 Å². The molecule has 1 unspecified atom stereocenters. The molecule has 9 nitrogen and oxygen atoms in total. The number of nitrogens with zero attached hydrogens (tertiary/aromatic N) is 1. The number of carbonyl (C=O) groups is 2. The highest BCUT2D eigenvalue weighted by Gasteiger charge is 2.29. The number of sulfonamides is 1. The van der Waals surface area contributed by atoms with Gasteiger partial charge in [-0.1, -0.05) is 0 Å². The van der Waals surface area contributed by atoms with Crippen molar-refractivity contribution < 1.29 is 32.2 Å². The second kappa shape index (κ2) is 7.21. The average molecular weight is 432 g/mol. The summed E-state index contributed by atoms with van der Waals surface area (Å²) in [4.78, 5) is 25.5. The van der Waals surface area contributed by atoms with E-state index < -0.39 is 10.0 Å². The number of ketones is 1. The number of fused-ring (bicyclic) bond motifs is 2. The predicted octanol–water partition coefficient (Wildman–Crippen LogP) is 2.55. The Kier molecular flexibility index (Phi) is 4.81. The van der Waals surface area contributed by atoms with Crippen molar-refractivity contribution in [2.45, 2.75) is 31.8 Å². The second-order valence-corrected chi connectivity index (χ2v) is 8.78. The lowest BCUT2D eigenvalue weighted by Gasteiger charge is -2.33. The molecule has 2 heterocycles. The lowest BCUT2D eigenvalue weighted by Crippen LogP contribution is -2.41. The Bertz CT molecular complexity index is 1160. The summed E-state index contributed by atoms with van der Waals surface area (Å²) in [7, 11) is -4.08. The van der Waals surface area contributed by atoms with Gasteiger partial charge in [-0.05, 0) is 38.1 Å². The quantitative estimate of drug-likeness (QED) is 0.739. The van der Waals surface area contributed by atoms with E-state index in [1.807, 2.05) is 6.92 Å². The molecule has 1 atom stereocenters. The van der Waals surface area contributed by atoms with Gasteiger partial charge in [-0.15, -0.1) is 0 Å². The van der Waals surface area contributed by atoms with E-state index in [2.05, 4.69) is 4.72 Å². The van der Waals surface area contributed by atoms with Crippen LogP contribution in [0, 0.1) is 0 Å². The summed E-state index contributed by atoms with van der Waals surface area (Å²) in [6.45, 7) is 4.88. The van der Waals surface area contributed by atoms with Gasteiger partial charge >= 0.3 is 0 Å². The number of hydrogen-bond acceptors (Lipinski definition) is 7. The van der Waals surface area contributed by atoms with Crippen LogP contribution in [0.4, 0.5) is 11.4 Å². The van der Waals surface area contributed by atoms with Crippen molar-refractivity contribution >= 4 is 33.1 Å². The number of Topliss-reactive ketones (excluding diaryl/α,β-unsaturated/α-hetero) is 1. The van der Waals surface area contributed by atoms with E-state index in [0.29, 0.717) is 29.5 Å². The van der Waals surface area contributed by atoms with Crippen molar-refractivity contribution in [2.75, 3.05) is 23.0 Å². The van der Waals surface area contributed by atoms with E-state index in [1.54, 1.807) is 0 Å². The molecule has 2 aliphatic heterocycles. The van der Waals surface area contributed by atoms with Crippen molar-refractivity contribution in [2.24, 2.45) is 0 Å². The third-order valence-corrected chi connectivity index (χ3v) is 6.18. The first kappa shape index (κ1) is 20.0. The van der Waals surface area contributed by atoms with Crippen molar-refractivity contribution in [1.82, 2.24) is 0 Å². The fourth-order valence-electron chi connectivity index (χ4n) is 3.40. The summed E-state index contributed by atoms with van der Waals surface area (Å²) >= 11 is 0. The van der Waals surface area contributed by atoms with Crippen molar-refractivity contribution in [1.29, 1.82) is 0 Å². The van der Waals surface area contributed by atoms with E-state index in [4.69, 9.17) is 14.2 Å². The normalized spacial score (nSPS) is 17.2. The van der Waals surface area contributed by atoms with Crippen molar-refractivity contribution in [3.63, 3.8) is 0 Å². The monoisotopic (exact) mass is 432 g/mol. The standard InChI is InChI=1S/C20H20N2O7S/c1-11-9-22(13(3)24)17-6-14(4-5-18(17)29-11)30(25,26)21-16-8-20-19(27-10-28-20)7-15(16)12(2)23/h4-8,11,21H,9-10H2,1-3H3. The minimum Gasteiger partial charge on any atom is -0.487 e. The zero-order valence-electron chi connectivity index (χ0n) is 16.6. The Morgan fingerprint density at radius 2 is 1.77 bits per heavy atom. The van der Waals surface area contributed by atoms with E-state index in [0.717, 1.165) is 0 Å². The van der Waals surface area contributed by atoms with E-state index in [-0.39, 0.29) is 40.7 Å². The number of ether oxygens (including phenoxy) is 3. The molecular formula is C20H20N2O7S. The van der Waals surface area contributed by atoms with E-state index in [9.17, 15) is 18.0 Å². The summed E-state index contributed by atoms with van der Waals surface area (Å²) in [5.41, 5.74) is 0.613. The lowest BCUT2D eigenvalue weighted by atomic mass is 10.1. The zero-order valence-corrected chi connectivity index (χ0v) is 17.4. The van der Waals surface area contributed by atoms with Gasteiger partial charge in [-0.2, -0.15) is 0 Å². The first-order chi connectivity index (χ1) is 14.2. The van der Waals surface area contributed by atoms with Gasteiger partial charge in [-0.25, -0.2) is 8.42 Å². The minimum atomic E-state index is -4.08. The molecule has 0 saturated carbocycles. The molecule has 2 aliphatic rings. The summed E-state index contributed by atoms with van der Waals surface area (Å²) in [6, 6.07) is 7.15. The minimum absolute atomic E-state index is 0.00694. The maximum absolute atomic E-state index is 13.1. The highest BCUT2D eigenvalue weighted by atomic mass is 32.2. The molecule has 0 saturated heterocycles. The van der Waals surface area contributed by atoms with Gasteiger partial charge in [0.2, 0.25) is 12.7 Å². The van der Waals surface area contributed by atoms with Crippen LogP contribution >= 0.6 is 0 Å². The van der Waals surface area contributed by atoms with Crippen LogP contribution in [0.25, 0.3) is 0 Å². The molecule has 0 aliphatic carbocycles. The summed E-state index contributed by atoms with van der Waals surface area (Å²) in [5.74, 6) is 0.592. The molecule has 2 aromatic rings. The molecule has 1 amide bonds. The van der Waals surface area contributed by atoms with Gasteiger partial charge < -0.3 is 19.1 Å². The molecule has 10 heteroatoms. The molecule has 0 spiro atoms. The number of amides is 1. The van der Waals surface area contributed by atoms with E-state index >= 15 is 0 Å². The van der Waals surface area contributed by atoms with Crippen LogP contribution in [0.1, 0.15) is 31.1 Å². The number of hydrogen-bond donors (Lipinski definition) is 1. The number of anilines is 2. The van der Waals surface area contributed by atoms with Crippen molar-refractivity contribution in [3.8, 4) is 17.2 Å². The molecule has 0 bridgehead atoms. The van der Waals surface area contributed by atoms with Gasteiger partial charge in [0.05, 0.1) is 22.8 Å².